The summed E-state index contributed by atoms with van der Waals surface area (Å²) in [4.78, 5) is 18.8. The van der Waals surface area contributed by atoms with E-state index in [4.69, 9.17) is 10.2 Å². The summed E-state index contributed by atoms with van der Waals surface area (Å²) < 4.78 is 0. The van der Waals surface area contributed by atoms with Crippen molar-refractivity contribution in [1.29, 1.82) is 0 Å². The Morgan fingerprint density at radius 1 is 0.682 bits per heavy atom. The highest BCUT2D eigenvalue weighted by molar-refractivity contribution is 5.70. The molecule has 0 aliphatic heterocycles. The van der Waals surface area contributed by atoms with Gasteiger partial charge in [-0.2, -0.15) is 0 Å². The summed E-state index contributed by atoms with van der Waals surface area (Å²) in [5.74, 6) is 0. The average molecular weight is 300 g/mol. The topological polar surface area (TPSA) is 99.3 Å². The van der Waals surface area contributed by atoms with Gasteiger partial charge in [-0.05, 0) is 24.0 Å². The number of benzene rings is 2. The molecule has 0 fully saturated rings. The predicted octanol–water partition coefficient (Wildman–Crippen LogP) is 4.27. The van der Waals surface area contributed by atoms with Crippen LogP contribution in [0.3, 0.4) is 0 Å². The fourth-order valence-electron chi connectivity index (χ4n) is 1.66. The standard InChI is InChI=1S/C14H14.C2H2N2O4/c1-3-7-13(8-4-1)11-12-14-9-5-2-6-10-14;5-1(6)3-4-2(7)8/h1-10H,11-12H2;(H,5,6)(H,7,8)/b;4-3+. The van der Waals surface area contributed by atoms with Gasteiger partial charge in [0, 0.05) is 0 Å². The fraction of sp³-hybridized carbons (Fsp3) is 0.125. The zero-order valence-electron chi connectivity index (χ0n) is 11.8. The molecule has 0 bridgehead atoms. The molecular weight excluding hydrogens is 284 g/mol. The van der Waals surface area contributed by atoms with Gasteiger partial charge in [0.05, 0.1) is 0 Å². The van der Waals surface area contributed by atoms with Crippen molar-refractivity contribution in [1.82, 2.24) is 0 Å². The highest BCUT2D eigenvalue weighted by atomic mass is 16.4. The maximum atomic E-state index is 9.38. The molecule has 0 radical (unpaired) electrons. The molecule has 6 heteroatoms. The molecule has 0 atom stereocenters. The minimum absolute atomic E-state index is 1.13. The molecule has 22 heavy (non-hydrogen) atoms. The van der Waals surface area contributed by atoms with Gasteiger partial charge in [0.2, 0.25) is 0 Å². The molecule has 2 rings (SSSR count). The lowest BCUT2D eigenvalue weighted by molar-refractivity contribution is 0.194. The first kappa shape index (κ1) is 17.0. The van der Waals surface area contributed by atoms with Crippen LogP contribution in [0.2, 0.25) is 0 Å². The van der Waals surface area contributed by atoms with E-state index in [0.29, 0.717) is 0 Å². The molecule has 0 aliphatic rings. The second-order valence-corrected chi connectivity index (χ2v) is 4.24. The monoisotopic (exact) mass is 300 g/mol. The molecule has 2 N–H and O–H groups in total. The van der Waals surface area contributed by atoms with Crippen LogP contribution in [0.1, 0.15) is 11.1 Å². The lowest BCUT2D eigenvalue weighted by Crippen LogP contribution is -1.89. The molecular formula is C16H16N2O4. The highest BCUT2D eigenvalue weighted by Gasteiger charge is 1.93. The number of carbonyl (C=O) groups is 2. The molecule has 6 nitrogen and oxygen atoms in total. The summed E-state index contributed by atoms with van der Waals surface area (Å²) in [6.07, 6.45) is -0.977. The first-order chi connectivity index (χ1) is 10.6. The first-order valence-electron chi connectivity index (χ1n) is 6.53. The quantitative estimate of drug-likeness (QED) is 0.827. The fourth-order valence-corrected chi connectivity index (χ4v) is 1.66. The number of rotatable bonds is 3. The van der Waals surface area contributed by atoms with E-state index >= 15 is 0 Å². The molecule has 0 aliphatic carbocycles. The van der Waals surface area contributed by atoms with Crippen molar-refractivity contribution in [2.75, 3.05) is 0 Å². The minimum Gasteiger partial charge on any atom is -0.462 e. The lowest BCUT2D eigenvalue weighted by Gasteiger charge is -2.01. The van der Waals surface area contributed by atoms with E-state index in [1.54, 1.807) is 0 Å². The van der Waals surface area contributed by atoms with Crippen LogP contribution in [-0.2, 0) is 12.8 Å². The van der Waals surface area contributed by atoms with Gasteiger partial charge in [0.25, 0.3) is 0 Å². The average Bonchev–Trinajstić information content (AvgIpc) is 2.54. The Morgan fingerprint density at radius 2 is 1.00 bits per heavy atom. The molecule has 0 heterocycles. The third-order valence-electron chi connectivity index (χ3n) is 2.61. The Bertz CT molecular complexity index is 557. The predicted molar refractivity (Wildman–Crippen MR) is 81.2 cm³/mol. The number of amides is 2. The maximum Gasteiger partial charge on any atom is 0.450 e. The molecule has 0 saturated heterocycles. The number of azo groups is 1. The van der Waals surface area contributed by atoms with Crippen LogP contribution < -0.4 is 0 Å². The SMILES string of the molecule is O=C(O)/N=N/C(=O)O.c1ccc(CCc2ccccc2)cc1. The van der Waals surface area contributed by atoms with E-state index in [2.05, 4.69) is 70.9 Å². The van der Waals surface area contributed by atoms with E-state index in [0.717, 1.165) is 12.8 Å². The molecule has 2 aromatic rings. The van der Waals surface area contributed by atoms with Crippen LogP contribution >= 0.6 is 0 Å². The van der Waals surface area contributed by atoms with Gasteiger partial charge in [-0.15, -0.1) is 0 Å². The second kappa shape index (κ2) is 9.82. The summed E-state index contributed by atoms with van der Waals surface area (Å²) in [6, 6.07) is 21.2. The van der Waals surface area contributed by atoms with Gasteiger partial charge in [-0.3, -0.25) is 0 Å². The number of hydrogen-bond acceptors (Lipinski definition) is 2. The van der Waals surface area contributed by atoms with Gasteiger partial charge < -0.3 is 10.2 Å². The first-order valence-corrected chi connectivity index (χ1v) is 6.53. The molecule has 0 spiro atoms. The number of aryl methyl sites for hydroxylation is 2. The lowest BCUT2D eigenvalue weighted by atomic mass is 10.0. The zero-order valence-corrected chi connectivity index (χ0v) is 11.8. The summed E-state index contributed by atoms with van der Waals surface area (Å²) in [5, 5.41) is 19.8. The van der Waals surface area contributed by atoms with E-state index in [-0.39, 0.29) is 0 Å². The summed E-state index contributed by atoms with van der Waals surface area (Å²) in [5.41, 5.74) is 2.83. The Balaban J connectivity index is 0.000000261. The largest absolute Gasteiger partial charge is 0.462 e. The van der Waals surface area contributed by atoms with Crippen molar-refractivity contribution in [3.8, 4) is 0 Å². The van der Waals surface area contributed by atoms with Gasteiger partial charge in [-0.25, -0.2) is 9.59 Å². The Hall–Kier alpha value is -3.02. The van der Waals surface area contributed by atoms with Gasteiger partial charge in [-0.1, -0.05) is 70.9 Å². The van der Waals surface area contributed by atoms with Gasteiger partial charge in [0.1, 0.15) is 0 Å². The normalized spacial score (nSPS) is 9.82. The molecule has 114 valence electrons. The minimum atomic E-state index is -1.62. The zero-order chi connectivity index (χ0) is 16.2. The van der Waals surface area contributed by atoms with E-state index < -0.39 is 12.2 Å². The van der Waals surface area contributed by atoms with Crippen molar-refractivity contribution in [2.45, 2.75) is 12.8 Å². The second-order valence-electron chi connectivity index (χ2n) is 4.24. The Morgan fingerprint density at radius 3 is 1.27 bits per heavy atom. The van der Waals surface area contributed by atoms with E-state index in [9.17, 15) is 9.59 Å². The maximum absolute atomic E-state index is 9.38. The van der Waals surface area contributed by atoms with Crippen molar-refractivity contribution in [3.05, 3.63) is 71.8 Å². The Labute approximate surface area is 127 Å². The number of nitrogens with zero attached hydrogens (tertiary/aromatic N) is 2. The molecule has 0 unspecified atom stereocenters. The van der Waals surface area contributed by atoms with Crippen LogP contribution in [0.15, 0.2) is 70.9 Å². The smallest absolute Gasteiger partial charge is 0.450 e. The number of hydrogen-bond donors (Lipinski definition) is 2. The Kier molecular flexibility index (Phi) is 7.60. The van der Waals surface area contributed by atoms with Crippen LogP contribution in [0.25, 0.3) is 0 Å². The van der Waals surface area contributed by atoms with Crippen LogP contribution in [-0.4, -0.2) is 22.4 Å². The molecule has 2 amide bonds. The summed E-state index contributed by atoms with van der Waals surface area (Å²) >= 11 is 0. The highest BCUT2D eigenvalue weighted by Crippen LogP contribution is 2.06. The van der Waals surface area contributed by atoms with Crippen LogP contribution in [0.4, 0.5) is 9.59 Å². The van der Waals surface area contributed by atoms with E-state index in [1.165, 1.54) is 11.1 Å². The van der Waals surface area contributed by atoms with Gasteiger partial charge in [0.15, 0.2) is 0 Å². The molecule has 2 aromatic carbocycles. The van der Waals surface area contributed by atoms with E-state index in [1.807, 2.05) is 0 Å². The van der Waals surface area contributed by atoms with Crippen LogP contribution in [0.5, 0.6) is 0 Å². The van der Waals surface area contributed by atoms with Crippen molar-refractivity contribution in [2.24, 2.45) is 10.2 Å². The van der Waals surface area contributed by atoms with Gasteiger partial charge >= 0.3 is 12.2 Å². The van der Waals surface area contributed by atoms with Crippen molar-refractivity contribution >= 4 is 12.2 Å². The summed E-state index contributed by atoms with van der Waals surface area (Å²) in [7, 11) is 0. The third-order valence-corrected chi connectivity index (χ3v) is 2.61. The third kappa shape index (κ3) is 8.21. The van der Waals surface area contributed by atoms with Crippen molar-refractivity contribution < 1.29 is 19.8 Å². The van der Waals surface area contributed by atoms with Crippen molar-refractivity contribution in [3.63, 3.8) is 0 Å². The molecule has 0 aromatic heterocycles. The van der Waals surface area contributed by atoms with Crippen LogP contribution in [0, 0.1) is 0 Å². The summed E-state index contributed by atoms with van der Waals surface area (Å²) in [6.45, 7) is 0. The molecule has 0 saturated carbocycles. The number of carboxylic acid groups (broad SMARTS) is 2.